The van der Waals surface area contributed by atoms with Crippen LogP contribution < -0.4 is 10.9 Å². The summed E-state index contributed by atoms with van der Waals surface area (Å²) in [5, 5.41) is 3.86. The van der Waals surface area contributed by atoms with Gasteiger partial charge in [0.05, 0.1) is 0 Å². The zero-order valence-corrected chi connectivity index (χ0v) is 15.4. The lowest BCUT2D eigenvalue weighted by Gasteiger charge is -2.11. The molecule has 0 aliphatic rings. The highest BCUT2D eigenvalue weighted by Gasteiger charge is 2.13. The van der Waals surface area contributed by atoms with Crippen LogP contribution in [0.4, 0.5) is 5.69 Å². The number of benzene rings is 2. The Bertz CT molecular complexity index is 1020. The average Bonchev–Trinajstić information content (AvgIpc) is 2.61. The van der Waals surface area contributed by atoms with E-state index < -0.39 is 0 Å². The first-order valence-electron chi connectivity index (χ1n) is 8.90. The van der Waals surface area contributed by atoms with Gasteiger partial charge in [0.1, 0.15) is 5.58 Å². The van der Waals surface area contributed by atoms with Crippen molar-refractivity contribution in [1.29, 1.82) is 0 Å². The van der Waals surface area contributed by atoms with Crippen molar-refractivity contribution in [1.82, 2.24) is 0 Å². The molecule has 1 N–H and O–H groups in total. The van der Waals surface area contributed by atoms with E-state index in [1.807, 2.05) is 56.3 Å². The maximum Gasteiger partial charge on any atom is 0.339 e. The quantitative estimate of drug-likeness (QED) is 0.688. The minimum absolute atomic E-state index is 0.103. The molecule has 0 bridgehead atoms. The van der Waals surface area contributed by atoms with Crippen LogP contribution in [0.3, 0.4) is 0 Å². The van der Waals surface area contributed by atoms with Crippen LogP contribution in [0.2, 0.25) is 0 Å². The normalized spacial score (nSPS) is 10.9. The fraction of sp³-hybridized carbons (Fsp3) is 0.273. The van der Waals surface area contributed by atoms with Gasteiger partial charge in [-0.05, 0) is 55.5 Å². The Labute approximate surface area is 152 Å². The molecule has 1 heterocycles. The van der Waals surface area contributed by atoms with Crippen LogP contribution in [0.25, 0.3) is 11.0 Å². The number of hydrogen-bond donors (Lipinski definition) is 1. The fourth-order valence-corrected chi connectivity index (χ4v) is 3.19. The van der Waals surface area contributed by atoms with Crippen molar-refractivity contribution in [2.75, 3.05) is 5.32 Å². The summed E-state index contributed by atoms with van der Waals surface area (Å²) in [4.78, 5) is 24.7. The van der Waals surface area contributed by atoms with Gasteiger partial charge in [-0.2, -0.15) is 0 Å². The molecule has 0 fully saturated rings. The van der Waals surface area contributed by atoms with Gasteiger partial charge in [0.2, 0.25) is 5.91 Å². The highest BCUT2D eigenvalue weighted by molar-refractivity contribution is 5.91. The minimum atomic E-state index is -0.359. The van der Waals surface area contributed by atoms with Gasteiger partial charge in [0, 0.05) is 23.1 Å². The molecule has 0 unspecified atom stereocenters. The first-order valence-corrected chi connectivity index (χ1v) is 8.90. The molecule has 134 valence electrons. The van der Waals surface area contributed by atoms with E-state index >= 15 is 0 Å². The Hall–Kier alpha value is -2.88. The fourth-order valence-electron chi connectivity index (χ4n) is 3.19. The summed E-state index contributed by atoms with van der Waals surface area (Å²) in [6, 6.07) is 13.6. The van der Waals surface area contributed by atoms with Crippen molar-refractivity contribution >= 4 is 22.6 Å². The van der Waals surface area contributed by atoms with Gasteiger partial charge >= 0.3 is 5.63 Å². The summed E-state index contributed by atoms with van der Waals surface area (Å²) in [5.74, 6) is -0.103. The second-order valence-electron chi connectivity index (χ2n) is 6.55. The number of nitrogens with one attached hydrogen (secondary N) is 1. The van der Waals surface area contributed by atoms with Crippen molar-refractivity contribution in [3.8, 4) is 0 Å². The number of carbonyl (C=O) groups is 1. The highest BCUT2D eigenvalue weighted by Crippen LogP contribution is 2.22. The molecule has 1 amide bonds. The lowest BCUT2D eigenvalue weighted by molar-refractivity contribution is -0.116. The molecule has 0 aliphatic heterocycles. The van der Waals surface area contributed by atoms with E-state index in [0.717, 1.165) is 34.2 Å². The molecule has 0 saturated carbocycles. The van der Waals surface area contributed by atoms with Crippen molar-refractivity contribution < 1.29 is 9.21 Å². The van der Waals surface area contributed by atoms with E-state index in [1.165, 1.54) is 0 Å². The molecule has 0 aliphatic carbocycles. The summed E-state index contributed by atoms with van der Waals surface area (Å²) in [7, 11) is 0. The molecule has 1 aromatic heterocycles. The van der Waals surface area contributed by atoms with Crippen LogP contribution in [-0.2, 0) is 17.6 Å². The first-order chi connectivity index (χ1) is 12.5. The average molecular weight is 349 g/mol. The lowest BCUT2D eigenvalue weighted by atomic mass is 10.0. The number of aryl methyl sites for hydroxylation is 3. The highest BCUT2D eigenvalue weighted by atomic mass is 16.4. The Morgan fingerprint density at radius 2 is 1.88 bits per heavy atom. The summed E-state index contributed by atoms with van der Waals surface area (Å²) >= 11 is 0. The smallest absolute Gasteiger partial charge is 0.339 e. The van der Waals surface area contributed by atoms with Crippen LogP contribution in [0.1, 0.15) is 35.6 Å². The van der Waals surface area contributed by atoms with Gasteiger partial charge in [-0.3, -0.25) is 4.79 Å². The second-order valence-corrected chi connectivity index (χ2v) is 6.55. The van der Waals surface area contributed by atoms with E-state index in [0.29, 0.717) is 17.6 Å². The Kier molecular flexibility index (Phi) is 5.21. The third-order valence-electron chi connectivity index (χ3n) is 4.72. The summed E-state index contributed by atoms with van der Waals surface area (Å²) in [5.41, 5.74) is 4.66. The third-order valence-corrected chi connectivity index (χ3v) is 4.72. The number of para-hydroxylation sites is 1. The van der Waals surface area contributed by atoms with E-state index in [2.05, 4.69) is 12.2 Å². The standard InChI is InChI=1S/C22H23NO3/c1-4-16-7-5-6-8-19(16)23-21(24)12-11-18-15(3)17-10-9-14(2)13-20(17)26-22(18)25/h5-10,13H,4,11-12H2,1-3H3,(H,23,24). The summed E-state index contributed by atoms with van der Waals surface area (Å²) < 4.78 is 5.45. The molecule has 4 heteroatoms. The maximum absolute atomic E-state index is 12.3. The van der Waals surface area contributed by atoms with Crippen LogP contribution in [0, 0.1) is 13.8 Å². The zero-order chi connectivity index (χ0) is 18.7. The van der Waals surface area contributed by atoms with Crippen LogP contribution in [0.15, 0.2) is 51.7 Å². The Morgan fingerprint density at radius 1 is 1.12 bits per heavy atom. The van der Waals surface area contributed by atoms with Crippen LogP contribution >= 0.6 is 0 Å². The van der Waals surface area contributed by atoms with Gasteiger partial charge in [-0.15, -0.1) is 0 Å². The topological polar surface area (TPSA) is 59.3 Å². The molecule has 2 aromatic carbocycles. The van der Waals surface area contributed by atoms with Crippen molar-refractivity contribution in [3.63, 3.8) is 0 Å². The number of anilines is 1. The van der Waals surface area contributed by atoms with Crippen LogP contribution in [-0.4, -0.2) is 5.91 Å². The SMILES string of the molecule is CCc1ccccc1NC(=O)CCc1c(C)c2ccc(C)cc2oc1=O. The molecule has 3 rings (SSSR count). The second kappa shape index (κ2) is 7.56. The number of hydrogen-bond acceptors (Lipinski definition) is 3. The molecule has 26 heavy (non-hydrogen) atoms. The molecular weight excluding hydrogens is 326 g/mol. The third kappa shape index (κ3) is 3.69. The molecule has 0 saturated heterocycles. The predicted molar refractivity (Wildman–Crippen MR) is 105 cm³/mol. The first kappa shape index (κ1) is 17.9. The Morgan fingerprint density at radius 3 is 2.65 bits per heavy atom. The summed E-state index contributed by atoms with van der Waals surface area (Å²) in [6.45, 7) is 5.92. The van der Waals surface area contributed by atoms with E-state index in [4.69, 9.17) is 4.42 Å². The molecule has 3 aromatic rings. The van der Waals surface area contributed by atoms with E-state index in [1.54, 1.807) is 0 Å². The van der Waals surface area contributed by atoms with E-state index in [-0.39, 0.29) is 18.0 Å². The van der Waals surface area contributed by atoms with Crippen molar-refractivity contribution in [2.24, 2.45) is 0 Å². The van der Waals surface area contributed by atoms with Gasteiger partial charge in [-0.1, -0.05) is 37.3 Å². The molecule has 4 nitrogen and oxygen atoms in total. The number of fused-ring (bicyclic) bond motifs is 1. The Balaban J connectivity index is 1.78. The molecule has 0 atom stereocenters. The number of carbonyl (C=O) groups excluding carboxylic acids is 1. The molecule has 0 spiro atoms. The van der Waals surface area contributed by atoms with Crippen molar-refractivity contribution in [3.05, 3.63) is 75.1 Å². The van der Waals surface area contributed by atoms with Crippen molar-refractivity contribution in [2.45, 2.75) is 40.0 Å². The lowest BCUT2D eigenvalue weighted by Crippen LogP contribution is -2.17. The number of rotatable bonds is 5. The predicted octanol–water partition coefficient (Wildman–Crippen LogP) is 4.54. The van der Waals surface area contributed by atoms with Gasteiger partial charge < -0.3 is 9.73 Å². The summed E-state index contributed by atoms with van der Waals surface area (Å²) in [6.07, 6.45) is 1.45. The minimum Gasteiger partial charge on any atom is -0.423 e. The molecular formula is C22H23NO3. The van der Waals surface area contributed by atoms with Gasteiger partial charge in [-0.25, -0.2) is 4.79 Å². The largest absolute Gasteiger partial charge is 0.423 e. The maximum atomic E-state index is 12.3. The monoisotopic (exact) mass is 349 g/mol. The van der Waals surface area contributed by atoms with Crippen LogP contribution in [0.5, 0.6) is 0 Å². The van der Waals surface area contributed by atoms with Gasteiger partial charge in [0.15, 0.2) is 0 Å². The molecule has 0 radical (unpaired) electrons. The van der Waals surface area contributed by atoms with E-state index in [9.17, 15) is 9.59 Å². The zero-order valence-electron chi connectivity index (χ0n) is 15.4. The number of amides is 1. The van der Waals surface area contributed by atoms with Gasteiger partial charge in [0.25, 0.3) is 0 Å².